The van der Waals surface area contributed by atoms with Crippen LogP contribution >= 0.6 is 0 Å². The first-order chi connectivity index (χ1) is 37.2. The normalized spacial score (nSPS) is 11.7. The minimum Gasteiger partial charge on any atom is -0.309 e. The zero-order valence-corrected chi connectivity index (χ0v) is 40.6. The van der Waals surface area contributed by atoms with Crippen molar-refractivity contribution in [2.75, 3.05) is 0 Å². The van der Waals surface area contributed by atoms with E-state index in [-0.39, 0.29) is 0 Å². The Bertz CT molecular complexity index is 4590. The fourth-order valence-corrected chi connectivity index (χ4v) is 11.7. The van der Waals surface area contributed by atoms with Gasteiger partial charge in [-0.25, -0.2) is 15.0 Å². The molecule has 6 heteroatoms. The number of para-hydroxylation sites is 6. The minimum atomic E-state index is 0.569. The SMILES string of the molecule is c1ccc(-c2nc(-c3cccc(-c4ccccc4)c3-n3c4ccccc4c4ccccc43)nc(-c3c(-c4ccccc4)cccc3-n3c4ccccc4c4cc(-n5c6ccccc6c6ccccc65)ccc43)n2)cc1. The van der Waals surface area contributed by atoms with E-state index in [0.717, 1.165) is 88.8 Å². The number of aromatic nitrogens is 6. The fraction of sp³-hybridized carbons (Fsp3) is 0. The Morgan fingerprint density at radius 1 is 0.240 bits per heavy atom. The first-order valence-electron chi connectivity index (χ1n) is 25.4. The molecule has 0 fully saturated rings. The molecule has 4 heterocycles. The molecule has 0 saturated heterocycles. The Hall–Kier alpha value is -10.2. The van der Waals surface area contributed by atoms with Gasteiger partial charge in [0.15, 0.2) is 17.5 Å². The summed E-state index contributed by atoms with van der Waals surface area (Å²) in [6, 6.07) is 95.1. The molecule has 15 aromatic rings. The fourth-order valence-electron chi connectivity index (χ4n) is 11.7. The second-order valence-corrected chi connectivity index (χ2v) is 19.1. The van der Waals surface area contributed by atoms with Crippen LogP contribution in [0.4, 0.5) is 0 Å². The highest BCUT2D eigenvalue weighted by Crippen LogP contribution is 2.45. The van der Waals surface area contributed by atoms with E-state index in [2.05, 4.69) is 262 Å². The Kier molecular flexibility index (Phi) is 9.78. The van der Waals surface area contributed by atoms with Crippen LogP contribution in [0.25, 0.3) is 139 Å². The van der Waals surface area contributed by atoms with Gasteiger partial charge in [0, 0.05) is 54.7 Å². The topological polar surface area (TPSA) is 53.5 Å². The highest BCUT2D eigenvalue weighted by molar-refractivity contribution is 6.13. The molecular weight excluding hydrogens is 913 g/mol. The number of benzene rings is 11. The number of hydrogen-bond acceptors (Lipinski definition) is 3. The lowest BCUT2D eigenvalue weighted by atomic mass is 9.96. The van der Waals surface area contributed by atoms with E-state index in [0.29, 0.717) is 17.5 Å². The maximum absolute atomic E-state index is 5.74. The number of fused-ring (bicyclic) bond motifs is 9. The van der Waals surface area contributed by atoms with Gasteiger partial charge in [0.2, 0.25) is 0 Å². The van der Waals surface area contributed by atoms with Crippen LogP contribution in [0.2, 0.25) is 0 Å². The van der Waals surface area contributed by atoms with Crippen LogP contribution in [0.3, 0.4) is 0 Å². The first kappa shape index (κ1) is 42.5. The molecule has 6 nitrogen and oxygen atoms in total. The summed E-state index contributed by atoms with van der Waals surface area (Å²) < 4.78 is 7.21. The average molecular weight is 957 g/mol. The Morgan fingerprint density at radius 3 is 1.21 bits per heavy atom. The standard InChI is InChI=1S/C69H44N6/c1-4-22-45(23-5-1)49-33-21-41-64(74-60-38-17-14-32-55(60)57-44-48(42-43-63(57)74)73-58-36-15-10-28-51(58)52-29-11-16-37-59(52)73)65(49)69-71-67(47-26-8-3-9-27-47)70-68(72-69)56-35-20-34-50(46-24-6-2-7-25-46)66(56)75-61-39-18-12-30-53(61)54-31-13-19-40-62(54)75/h1-44H. The lowest BCUT2D eigenvalue weighted by Gasteiger charge is -2.20. The Labute approximate surface area is 432 Å². The summed E-state index contributed by atoms with van der Waals surface area (Å²) in [6.45, 7) is 0. The van der Waals surface area contributed by atoms with Crippen molar-refractivity contribution in [1.82, 2.24) is 28.7 Å². The number of rotatable bonds is 8. The molecule has 75 heavy (non-hydrogen) atoms. The largest absolute Gasteiger partial charge is 0.309 e. The Morgan fingerprint density at radius 2 is 0.640 bits per heavy atom. The molecule has 0 radical (unpaired) electrons. The van der Waals surface area contributed by atoms with E-state index in [1.165, 1.54) is 32.6 Å². The van der Waals surface area contributed by atoms with Crippen LogP contribution in [-0.2, 0) is 0 Å². The lowest BCUT2D eigenvalue weighted by molar-refractivity contribution is 1.06. The highest BCUT2D eigenvalue weighted by Gasteiger charge is 2.26. The molecule has 0 unspecified atom stereocenters. The third-order valence-electron chi connectivity index (χ3n) is 14.9. The van der Waals surface area contributed by atoms with Gasteiger partial charge in [0.1, 0.15) is 0 Å². The van der Waals surface area contributed by atoms with Crippen LogP contribution in [0, 0.1) is 0 Å². The number of hydrogen-bond donors (Lipinski definition) is 0. The van der Waals surface area contributed by atoms with Gasteiger partial charge in [-0.2, -0.15) is 0 Å². The summed E-state index contributed by atoms with van der Waals surface area (Å²) in [5, 5.41) is 7.13. The molecule has 4 aromatic heterocycles. The second kappa shape index (κ2) is 17.3. The Balaban J connectivity index is 1.03. The van der Waals surface area contributed by atoms with Gasteiger partial charge >= 0.3 is 0 Å². The van der Waals surface area contributed by atoms with E-state index in [9.17, 15) is 0 Å². The molecule has 0 aliphatic carbocycles. The summed E-state index contributed by atoms with van der Waals surface area (Å²) in [4.78, 5) is 16.8. The van der Waals surface area contributed by atoms with E-state index in [1.807, 2.05) is 18.2 Å². The molecule has 0 bridgehead atoms. The van der Waals surface area contributed by atoms with Crippen LogP contribution in [0.5, 0.6) is 0 Å². The number of nitrogens with zero attached hydrogens (tertiary/aromatic N) is 6. The summed E-state index contributed by atoms with van der Waals surface area (Å²) in [5.74, 6) is 1.72. The summed E-state index contributed by atoms with van der Waals surface area (Å²) in [6.07, 6.45) is 0. The maximum Gasteiger partial charge on any atom is 0.166 e. The second-order valence-electron chi connectivity index (χ2n) is 19.1. The van der Waals surface area contributed by atoms with Crippen LogP contribution in [0.15, 0.2) is 267 Å². The van der Waals surface area contributed by atoms with Crippen LogP contribution < -0.4 is 0 Å². The third kappa shape index (κ3) is 6.77. The molecule has 0 aliphatic rings. The molecule has 0 saturated carbocycles. The molecule has 0 atom stereocenters. The van der Waals surface area contributed by atoms with E-state index in [4.69, 9.17) is 15.0 Å². The van der Waals surface area contributed by atoms with Crippen molar-refractivity contribution >= 4 is 65.4 Å². The predicted octanol–water partition coefficient (Wildman–Crippen LogP) is 17.5. The average Bonchev–Trinajstić information content (AvgIpc) is 4.14. The van der Waals surface area contributed by atoms with Crippen molar-refractivity contribution in [2.45, 2.75) is 0 Å². The lowest BCUT2D eigenvalue weighted by Crippen LogP contribution is -2.07. The van der Waals surface area contributed by atoms with Crippen molar-refractivity contribution in [3.8, 4) is 73.5 Å². The van der Waals surface area contributed by atoms with Gasteiger partial charge in [0.05, 0.1) is 50.0 Å². The van der Waals surface area contributed by atoms with Gasteiger partial charge < -0.3 is 13.7 Å². The third-order valence-corrected chi connectivity index (χ3v) is 14.9. The molecule has 15 rings (SSSR count). The first-order valence-corrected chi connectivity index (χ1v) is 25.4. The van der Waals surface area contributed by atoms with E-state index < -0.39 is 0 Å². The molecule has 11 aromatic carbocycles. The smallest absolute Gasteiger partial charge is 0.166 e. The van der Waals surface area contributed by atoms with Crippen molar-refractivity contribution in [3.63, 3.8) is 0 Å². The zero-order valence-electron chi connectivity index (χ0n) is 40.6. The van der Waals surface area contributed by atoms with Gasteiger partial charge in [-0.1, -0.05) is 206 Å². The van der Waals surface area contributed by atoms with Gasteiger partial charge in [0.25, 0.3) is 0 Å². The van der Waals surface area contributed by atoms with Gasteiger partial charge in [-0.3, -0.25) is 0 Å². The molecule has 0 aliphatic heterocycles. The van der Waals surface area contributed by atoms with Crippen molar-refractivity contribution in [2.24, 2.45) is 0 Å². The van der Waals surface area contributed by atoms with Crippen LogP contribution in [0.1, 0.15) is 0 Å². The maximum atomic E-state index is 5.74. The van der Waals surface area contributed by atoms with Crippen molar-refractivity contribution < 1.29 is 0 Å². The quantitative estimate of drug-likeness (QED) is 0.152. The molecule has 0 N–H and O–H groups in total. The zero-order chi connectivity index (χ0) is 49.4. The van der Waals surface area contributed by atoms with Gasteiger partial charge in [-0.05, 0) is 77.4 Å². The monoisotopic (exact) mass is 956 g/mol. The van der Waals surface area contributed by atoms with Crippen LogP contribution in [-0.4, -0.2) is 28.7 Å². The molecule has 0 amide bonds. The minimum absolute atomic E-state index is 0.569. The molecule has 350 valence electrons. The highest BCUT2D eigenvalue weighted by atomic mass is 15.1. The van der Waals surface area contributed by atoms with E-state index >= 15 is 0 Å². The van der Waals surface area contributed by atoms with Crippen molar-refractivity contribution in [1.29, 1.82) is 0 Å². The molecular formula is C69H44N6. The van der Waals surface area contributed by atoms with Crippen molar-refractivity contribution in [3.05, 3.63) is 267 Å². The predicted molar refractivity (Wildman–Crippen MR) is 310 cm³/mol. The summed E-state index contributed by atoms with van der Waals surface area (Å²) in [7, 11) is 0. The van der Waals surface area contributed by atoms with E-state index in [1.54, 1.807) is 0 Å². The summed E-state index contributed by atoms with van der Waals surface area (Å²) in [5.41, 5.74) is 16.7. The van der Waals surface area contributed by atoms with Gasteiger partial charge in [-0.15, -0.1) is 0 Å². The summed E-state index contributed by atoms with van der Waals surface area (Å²) >= 11 is 0. The molecule has 0 spiro atoms.